The fraction of sp³-hybridized carbons (Fsp3) is 0.636. The van der Waals surface area contributed by atoms with Gasteiger partial charge in [-0.25, -0.2) is 9.78 Å². The fourth-order valence-electron chi connectivity index (χ4n) is 2.04. The number of aliphatic hydroxyl groups is 3. The maximum Gasteiger partial charge on any atom is 0.360 e. The van der Waals surface area contributed by atoms with Crippen molar-refractivity contribution in [1.29, 1.82) is 0 Å². The number of hydrogen-bond acceptors (Lipinski definition) is 8. The second kappa shape index (κ2) is 5.75. The van der Waals surface area contributed by atoms with E-state index in [2.05, 4.69) is 4.98 Å². The minimum Gasteiger partial charge on any atom is -0.461 e. The molecule has 9 heteroatoms. The lowest BCUT2D eigenvalue weighted by atomic mass is 10.1. The number of nitrogens with zero attached hydrogens (tertiary/aromatic N) is 2. The molecule has 1 saturated heterocycles. The van der Waals surface area contributed by atoms with Crippen LogP contribution in [-0.4, -0.2) is 62.4 Å². The monoisotopic (exact) mass is 287 g/mol. The van der Waals surface area contributed by atoms with Gasteiger partial charge in [-0.05, 0) is 6.92 Å². The average molecular weight is 287 g/mol. The highest BCUT2D eigenvalue weighted by Gasteiger charge is 2.44. The highest BCUT2D eigenvalue weighted by Crippen LogP contribution is 2.31. The second-order valence-electron chi connectivity index (χ2n) is 4.34. The Morgan fingerprint density at radius 2 is 2.25 bits per heavy atom. The van der Waals surface area contributed by atoms with Crippen LogP contribution in [0.4, 0.5) is 5.82 Å². The van der Waals surface area contributed by atoms with Gasteiger partial charge in [0.25, 0.3) is 0 Å². The predicted octanol–water partition coefficient (Wildman–Crippen LogP) is -1.75. The molecule has 1 aliphatic rings. The number of nitrogen functional groups attached to an aromatic ring is 1. The maximum atomic E-state index is 11.6. The first-order chi connectivity index (χ1) is 9.51. The number of imidazole rings is 1. The minimum absolute atomic E-state index is 0.0433. The molecule has 112 valence electrons. The molecule has 2 heterocycles. The molecule has 4 atom stereocenters. The summed E-state index contributed by atoms with van der Waals surface area (Å²) in [5.74, 6) is -0.728. The van der Waals surface area contributed by atoms with E-state index in [1.54, 1.807) is 6.92 Å². The standard InChI is InChI=1S/C11H17N3O6/c1-2-19-11(18)6-9(12)14(4-13-6)10-8(17)7(16)5(3-15)20-10/h4-5,7-8,10,15-17H,2-3,12H2,1H3/t5-,7+,8-,10-/m0/s1. The number of esters is 1. The van der Waals surface area contributed by atoms with Gasteiger partial charge in [-0.3, -0.25) is 4.57 Å². The number of rotatable bonds is 4. The summed E-state index contributed by atoms with van der Waals surface area (Å²) in [5.41, 5.74) is 5.68. The van der Waals surface area contributed by atoms with E-state index in [1.807, 2.05) is 0 Å². The van der Waals surface area contributed by atoms with Gasteiger partial charge < -0.3 is 30.5 Å². The Morgan fingerprint density at radius 3 is 2.80 bits per heavy atom. The van der Waals surface area contributed by atoms with E-state index in [1.165, 1.54) is 10.9 Å². The number of hydrogen-bond donors (Lipinski definition) is 4. The van der Waals surface area contributed by atoms with Gasteiger partial charge in [0.15, 0.2) is 11.9 Å². The third-order valence-corrected chi connectivity index (χ3v) is 3.09. The summed E-state index contributed by atoms with van der Waals surface area (Å²) in [5, 5.41) is 28.6. The molecule has 1 aliphatic heterocycles. The molecule has 1 aromatic heterocycles. The average Bonchev–Trinajstić information content (AvgIpc) is 2.93. The largest absolute Gasteiger partial charge is 0.461 e. The van der Waals surface area contributed by atoms with Crippen molar-refractivity contribution < 1.29 is 29.6 Å². The smallest absolute Gasteiger partial charge is 0.360 e. The third kappa shape index (κ3) is 2.36. The van der Waals surface area contributed by atoms with Gasteiger partial charge in [0.1, 0.15) is 24.1 Å². The van der Waals surface area contributed by atoms with Crippen molar-refractivity contribution in [2.45, 2.75) is 31.5 Å². The summed E-state index contributed by atoms with van der Waals surface area (Å²) in [6, 6.07) is 0. The summed E-state index contributed by atoms with van der Waals surface area (Å²) < 4.78 is 11.3. The maximum absolute atomic E-state index is 11.6. The zero-order valence-corrected chi connectivity index (χ0v) is 10.8. The number of carbonyl (C=O) groups excluding carboxylic acids is 1. The Bertz CT molecular complexity index is 491. The summed E-state index contributed by atoms with van der Waals surface area (Å²) in [7, 11) is 0. The molecule has 5 N–H and O–H groups in total. The molecule has 0 aliphatic carbocycles. The number of carbonyl (C=O) groups is 1. The van der Waals surface area contributed by atoms with Gasteiger partial charge in [0.2, 0.25) is 0 Å². The zero-order valence-electron chi connectivity index (χ0n) is 10.8. The molecule has 0 radical (unpaired) electrons. The third-order valence-electron chi connectivity index (χ3n) is 3.09. The minimum atomic E-state index is -1.29. The van der Waals surface area contributed by atoms with Gasteiger partial charge in [0.05, 0.1) is 19.5 Å². The Kier molecular flexibility index (Phi) is 4.23. The van der Waals surface area contributed by atoms with Gasteiger partial charge >= 0.3 is 5.97 Å². The molecule has 1 aromatic rings. The van der Waals surface area contributed by atoms with E-state index in [-0.39, 0.29) is 18.1 Å². The SMILES string of the molecule is CCOC(=O)c1ncn([C@H]2O[C@@H](CO)[C@@H](O)[C@@H]2O)c1N. The molecule has 1 fully saturated rings. The van der Waals surface area contributed by atoms with E-state index >= 15 is 0 Å². The van der Waals surface area contributed by atoms with Crippen molar-refractivity contribution in [1.82, 2.24) is 9.55 Å². The Hall–Kier alpha value is -1.68. The molecule has 0 unspecified atom stereocenters. The lowest BCUT2D eigenvalue weighted by Crippen LogP contribution is -2.33. The molecule has 0 bridgehead atoms. The van der Waals surface area contributed by atoms with Crippen molar-refractivity contribution >= 4 is 11.8 Å². The fourth-order valence-corrected chi connectivity index (χ4v) is 2.04. The first-order valence-electron chi connectivity index (χ1n) is 6.13. The molecule has 0 spiro atoms. The topological polar surface area (TPSA) is 140 Å². The van der Waals surface area contributed by atoms with E-state index in [9.17, 15) is 15.0 Å². The molecule has 0 saturated carbocycles. The predicted molar refractivity (Wildman–Crippen MR) is 65.6 cm³/mol. The number of anilines is 1. The van der Waals surface area contributed by atoms with Crippen LogP contribution in [0.3, 0.4) is 0 Å². The van der Waals surface area contributed by atoms with Crippen LogP contribution in [0.15, 0.2) is 6.33 Å². The summed E-state index contributed by atoms with van der Waals surface area (Å²) in [6.07, 6.45) is -3.29. The number of aromatic nitrogens is 2. The Balaban J connectivity index is 2.24. The lowest BCUT2D eigenvalue weighted by molar-refractivity contribution is -0.0518. The van der Waals surface area contributed by atoms with Crippen molar-refractivity contribution in [3.8, 4) is 0 Å². The highest BCUT2D eigenvalue weighted by molar-refractivity contribution is 5.92. The Labute approximate surface area is 114 Å². The normalized spacial score (nSPS) is 29.6. The molecule has 0 aromatic carbocycles. The van der Waals surface area contributed by atoms with Crippen LogP contribution in [0.25, 0.3) is 0 Å². The summed E-state index contributed by atoms with van der Waals surface area (Å²) in [6.45, 7) is 1.38. The van der Waals surface area contributed by atoms with Crippen molar-refractivity contribution in [3.63, 3.8) is 0 Å². The molecule has 2 rings (SSSR count). The molecular formula is C11H17N3O6. The van der Waals surface area contributed by atoms with Crippen LogP contribution in [0.1, 0.15) is 23.6 Å². The van der Waals surface area contributed by atoms with Gasteiger partial charge in [-0.15, -0.1) is 0 Å². The van der Waals surface area contributed by atoms with Crippen LogP contribution in [0.5, 0.6) is 0 Å². The second-order valence-corrected chi connectivity index (χ2v) is 4.34. The van der Waals surface area contributed by atoms with E-state index in [0.29, 0.717) is 0 Å². The zero-order chi connectivity index (χ0) is 14.9. The molecular weight excluding hydrogens is 270 g/mol. The molecule has 0 amide bonds. The number of aliphatic hydroxyl groups excluding tert-OH is 3. The van der Waals surface area contributed by atoms with E-state index < -0.39 is 37.1 Å². The van der Waals surface area contributed by atoms with Crippen LogP contribution in [0, 0.1) is 0 Å². The van der Waals surface area contributed by atoms with Gasteiger partial charge in [-0.1, -0.05) is 0 Å². The van der Waals surface area contributed by atoms with E-state index in [0.717, 1.165) is 0 Å². The van der Waals surface area contributed by atoms with Crippen molar-refractivity contribution in [2.24, 2.45) is 0 Å². The summed E-state index contributed by atoms with van der Waals surface area (Å²) in [4.78, 5) is 15.4. The lowest BCUT2D eigenvalue weighted by Gasteiger charge is -2.17. The van der Waals surface area contributed by atoms with Gasteiger partial charge in [-0.2, -0.15) is 0 Å². The first kappa shape index (κ1) is 14.7. The number of ether oxygens (including phenoxy) is 2. The van der Waals surface area contributed by atoms with Crippen molar-refractivity contribution in [2.75, 3.05) is 18.9 Å². The Morgan fingerprint density at radius 1 is 1.55 bits per heavy atom. The van der Waals surface area contributed by atoms with Crippen molar-refractivity contribution in [3.05, 3.63) is 12.0 Å². The quantitative estimate of drug-likeness (QED) is 0.478. The van der Waals surface area contributed by atoms with Gasteiger partial charge in [0, 0.05) is 0 Å². The number of nitrogens with two attached hydrogens (primary N) is 1. The summed E-state index contributed by atoms with van der Waals surface area (Å²) >= 11 is 0. The first-order valence-corrected chi connectivity index (χ1v) is 6.13. The van der Waals surface area contributed by atoms with Crippen LogP contribution in [0.2, 0.25) is 0 Å². The van der Waals surface area contributed by atoms with Crippen LogP contribution < -0.4 is 5.73 Å². The van der Waals surface area contributed by atoms with E-state index in [4.69, 9.17) is 20.3 Å². The van der Waals surface area contributed by atoms with Crippen LogP contribution >= 0.6 is 0 Å². The molecule has 9 nitrogen and oxygen atoms in total. The van der Waals surface area contributed by atoms with Crippen LogP contribution in [-0.2, 0) is 9.47 Å². The highest BCUT2D eigenvalue weighted by atomic mass is 16.6. The molecule has 20 heavy (non-hydrogen) atoms.